The van der Waals surface area contributed by atoms with E-state index in [1.165, 1.54) is 64.2 Å². The van der Waals surface area contributed by atoms with Crippen molar-refractivity contribution in [3.63, 3.8) is 0 Å². The van der Waals surface area contributed by atoms with Crippen molar-refractivity contribution in [2.24, 2.45) is 0 Å². The van der Waals surface area contributed by atoms with E-state index in [1.54, 1.807) is 0 Å². The van der Waals surface area contributed by atoms with E-state index in [2.05, 4.69) is 16.5 Å². The standard InChI is InChI=1S/C20H43O6P.2Na/c1-5-6-7-8-9-10-11-12-13-14-15-16-17-18-19(24-20(2,3)4)25-26-27(21,22)23;;/h19H,5-18H2,1-4H3,(H2,21,22,23);;/q;2*+1/p-2. The van der Waals surface area contributed by atoms with Crippen LogP contribution < -0.4 is 68.9 Å². The summed E-state index contributed by atoms with van der Waals surface area (Å²) in [4.78, 5) is 25.8. The van der Waals surface area contributed by atoms with Crippen molar-refractivity contribution in [1.29, 1.82) is 0 Å². The Morgan fingerprint density at radius 2 is 1.14 bits per heavy atom. The molecule has 0 bridgehead atoms. The fourth-order valence-electron chi connectivity index (χ4n) is 2.95. The van der Waals surface area contributed by atoms with Gasteiger partial charge in [0.1, 0.15) is 7.82 Å². The molecule has 1 atom stereocenters. The minimum absolute atomic E-state index is 0. The van der Waals surface area contributed by atoms with Crippen molar-refractivity contribution in [3.8, 4) is 0 Å². The van der Waals surface area contributed by atoms with Crippen LogP contribution in [0.15, 0.2) is 0 Å². The second kappa shape index (κ2) is 21.9. The van der Waals surface area contributed by atoms with E-state index in [-0.39, 0.29) is 59.1 Å². The summed E-state index contributed by atoms with van der Waals surface area (Å²) in [5.41, 5.74) is -0.514. The fourth-order valence-corrected chi connectivity index (χ4v) is 3.15. The maximum atomic E-state index is 10.6. The molecular formula is C20H41Na2O6P. The molecule has 0 aromatic rings. The second-order valence-electron chi connectivity index (χ2n) is 8.31. The molecule has 0 radical (unpaired) electrons. The molecule has 0 heterocycles. The van der Waals surface area contributed by atoms with Crippen molar-refractivity contribution in [2.45, 2.75) is 129 Å². The summed E-state index contributed by atoms with van der Waals surface area (Å²) in [5.74, 6) is 0. The third-order valence-electron chi connectivity index (χ3n) is 4.27. The molecule has 9 heteroatoms. The van der Waals surface area contributed by atoms with E-state index in [4.69, 9.17) is 4.74 Å². The largest absolute Gasteiger partial charge is 1.00 e. The van der Waals surface area contributed by atoms with Crippen molar-refractivity contribution < 1.29 is 87.8 Å². The maximum absolute atomic E-state index is 10.6. The molecule has 0 aliphatic heterocycles. The molecule has 1 unspecified atom stereocenters. The van der Waals surface area contributed by atoms with Gasteiger partial charge in [0.2, 0.25) is 0 Å². The van der Waals surface area contributed by atoms with Crippen LogP contribution in [0.1, 0.15) is 118 Å². The van der Waals surface area contributed by atoms with Gasteiger partial charge in [-0.1, -0.05) is 84.0 Å². The molecule has 0 aliphatic carbocycles. The van der Waals surface area contributed by atoms with Crippen LogP contribution in [0, 0.1) is 0 Å². The Labute approximate surface area is 223 Å². The zero-order valence-corrected chi connectivity index (χ0v) is 24.8. The van der Waals surface area contributed by atoms with E-state index < -0.39 is 19.7 Å². The van der Waals surface area contributed by atoms with Crippen LogP contribution in [0.3, 0.4) is 0 Å². The number of hydrogen-bond acceptors (Lipinski definition) is 6. The summed E-state index contributed by atoms with van der Waals surface area (Å²) < 4.78 is 20.1. The zero-order valence-electron chi connectivity index (χ0n) is 19.9. The second-order valence-corrected chi connectivity index (χ2v) is 9.35. The molecule has 0 fully saturated rings. The number of ether oxygens (including phenoxy) is 1. The van der Waals surface area contributed by atoms with Crippen LogP contribution in [0.4, 0.5) is 0 Å². The number of rotatable bonds is 18. The predicted molar refractivity (Wildman–Crippen MR) is 105 cm³/mol. The first kappa shape index (κ1) is 35.6. The predicted octanol–water partition coefficient (Wildman–Crippen LogP) is -0.606. The van der Waals surface area contributed by atoms with E-state index in [1.807, 2.05) is 20.8 Å². The minimum Gasteiger partial charge on any atom is -0.788 e. The summed E-state index contributed by atoms with van der Waals surface area (Å²) in [5, 5.41) is 0. The smallest absolute Gasteiger partial charge is 0.788 e. The van der Waals surface area contributed by atoms with Crippen LogP contribution in [-0.2, 0) is 18.9 Å². The molecule has 6 nitrogen and oxygen atoms in total. The molecule has 0 rings (SSSR count). The molecule has 0 aromatic heterocycles. The van der Waals surface area contributed by atoms with Gasteiger partial charge in [-0.3, -0.25) is 0 Å². The first-order valence-corrected chi connectivity index (χ1v) is 12.1. The van der Waals surface area contributed by atoms with Crippen molar-refractivity contribution in [2.75, 3.05) is 0 Å². The molecule has 0 spiro atoms. The van der Waals surface area contributed by atoms with Crippen LogP contribution in [-0.4, -0.2) is 11.9 Å². The van der Waals surface area contributed by atoms with E-state index in [0.717, 1.165) is 19.3 Å². The van der Waals surface area contributed by atoms with Crippen LogP contribution in [0.25, 0.3) is 0 Å². The van der Waals surface area contributed by atoms with Crippen LogP contribution in [0.2, 0.25) is 0 Å². The summed E-state index contributed by atoms with van der Waals surface area (Å²) >= 11 is 0. The Kier molecular flexibility index (Phi) is 26.8. The van der Waals surface area contributed by atoms with Gasteiger partial charge in [-0.25, -0.2) is 9.56 Å². The Bertz CT molecular complexity index is 388. The molecule has 164 valence electrons. The molecule has 29 heavy (non-hydrogen) atoms. The molecule has 0 N–H and O–H groups in total. The molecule has 0 aliphatic rings. The Hall–Kier alpha value is 2.03. The fraction of sp³-hybridized carbons (Fsp3) is 1.00. The van der Waals surface area contributed by atoms with Crippen molar-refractivity contribution in [3.05, 3.63) is 0 Å². The van der Waals surface area contributed by atoms with E-state index in [0.29, 0.717) is 6.42 Å². The summed E-state index contributed by atoms with van der Waals surface area (Å²) in [7, 11) is -5.16. The maximum Gasteiger partial charge on any atom is 1.00 e. The first-order valence-electron chi connectivity index (χ1n) is 10.7. The average Bonchev–Trinajstić information content (AvgIpc) is 2.54. The number of hydrogen-bond donors (Lipinski definition) is 0. The normalized spacial score (nSPS) is 12.9. The van der Waals surface area contributed by atoms with E-state index in [9.17, 15) is 14.4 Å². The monoisotopic (exact) mass is 454 g/mol. The minimum atomic E-state index is -5.16. The first-order chi connectivity index (χ1) is 12.6. The van der Waals surface area contributed by atoms with Crippen LogP contribution in [0.5, 0.6) is 0 Å². The van der Waals surface area contributed by atoms with Gasteiger partial charge in [0, 0.05) is 6.42 Å². The molecule has 0 amide bonds. The summed E-state index contributed by atoms with van der Waals surface area (Å²) in [6.07, 6.45) is 15.9. The van der Waals surface area contributed by atoms with Gasteiger partial charge in [0.25, 0.3) is 0 Å². The molecular weight excluding hydrogens is 413 g/mol. The van der Waals surface area contributed by atoms with Gasteiger partial charge in [-0.15, -0.1) is 0 Å². The molecule has 0 saturated carbocycles. The van der Waals surface area contributed by atoms with Gasteiger partial charge in [-0.2, -0.15) is 0 Å². The quantitative estimate of drug-likeness (QED) is 0.0686. The average molecular weight is 454 g/mol. The van der Waals surface area contributed by atoms with Gasteiger partial charge in [0.05, 0.1) is 5.60 Å². The summed E-state index contributed by atoms with van der Waals surface area (Å²) in [6, 6.07) is 0. The van der Waals surface area contributed by atoms with Gasteiger partial charge in [-0.05, 0) is 27.2 Å². The topological polar surface area (TPSA) is 90.9 Å². The third kappa shape index (κ3) is 30.0. The van der Waals surface area contributed by atoms with Gasteiger partial charge in [0.15, 0.2) is 6.29 Å². The molecule has 0 saturated heterocycles. The van der Waals surface area contributed by atoms with E-state index >= 15 is 0 Å². The van der Waals surface area contributed by atoms with Crippen molar-refractivity contribution in [1.82, 2.24) is 0 Å². The van der Waals surface area contributed by atoms with Crippen LogP contribution >= 0.6 is 7.82 Å². The Morgan fingerprint density at radius 1 is 0.759 bits per heavy atom. The van der Waals surface area contributed by atoms with Gasteiger partial charge < -0.3 is 19.1 Å². The number of unbranched alkanes of at least 4 members (excludes halogenated alkanes) is 12. The Morgan fingerprint density at radius 3 is 1.48 bits per heavy atom. The van der Waals surface area contributed by atoms with Crippen molar-refractivity contribution >= 4 is 7.82 Å². The third-order valence-corrected chi connectivity index (χ3v) is 4.54. The summed E-state index contributed by atoms with van der Waals surface area (Å²) in [6.45, 7) is 7.75. The Balaban J connectivity index is -0.00000338. The SMILES string of the molecule is CCCCCCCCCCCCCCCC(OOP(=O)([O-])[O-])OC(C)(C)C.[Na+].[Na+]. The van der Waals surface area contributed by atoms with Gasteiger partial charge >= 0.3 is 59.1 Å². The molecule has 0 aromatic carbocycles. The zero-order chi connectivity index (χ0) is 20.6. The number of phosphoric acid groups is 1.